The van der Waals surface area contributed by atoms with Crippen molar-refractivity contribution >= 4 is 57.9 Å². The Morgan fingerprint density at radius 3 is 2.61 bits per heavy atom. The molecule has 1 saturated heterocycles. The van der Waals surface area contributed by atoms with E-state index in [2.05, 4.69) is 10.6 Å². The van der Waals surface area contributed by atoms with Crippen LogP contribution >= 0.6 is 34.7 Å². The van der Waals surface area contributed by atoms with Gasteiger partial charge in [-0.3, -0.25) is 9.59 Å². The van der Waals surface area contributed by atoms with E-state index in [4.69, 9.17) is 16.6 Å². The lowest BCUT2D eigenvalue weighted by Gasteiger charge is -2.39. The number of anilines is 2. The van der Waals surface area contributed by atoms with Gasteiger partial charge in [0.05, 0.1) is 10.6 Å². The molecule has 5 rings (SSSR count). The van der Waals surface area contributed by atoms with Gasteiger partial charge in [0.1, 0.15) is 16.9 Å². The van der Waals surface area contributed by atoms with Crippen molar-refractivity contribution in [1.82, 2.24) is 10.3 Å². The van der Waals surface area contributed by atoms with E-state index in [-0.39, 0.29) is 23.9 Å². The first-order valence-corrected chi connectivity index (χ1v) is 13.4. The van der Waals surface area contributed by atoms with Gasteiger partial charge in [0.15, 0.2) is 5.78 Å². The van der Waals surface area contributed by atoms with Gasteiger partial charge in [-0.25, -0.2) is 9.37 Å². The third-order valence-electron chi connectivity index (χ3n) is 5.93. The lowest BCUT2D eigenvalue weighted by molar-refractivity contribution is -0.133. The molecule has 3 heterocycles. The summed E-state index contributed by atoms with van der Waals surface area (Å²) < 4.78 is 13.2. The van der Waals surface area contributed by atoms with Gasteiger partial charge in [-0.1, -0.05) is 29.8 Å². The summed E-state index contributed by atoms with van der Waals surface area (Å²) in [6, 6.07) is 20.7. The molecule has 36 heavy (non-hydrogen) atoms. The molecule has 2 atom stereocenters. The molecule has 1 fully saturated rings. The Hall–Kier alpha value is -3.20. The van der Waals surface area contributed by atoms with E-state index in [1.165, 1.54) is 35.2 Å². The Morgan fingerprint density at radius 1 is 1.08 bits per heavy atom. The van der Waals surface area contributed by atoms with Crippen molar-refractivity contribution in [2.75, 3.05) is 5.32 Å². The maximum atomic E-state index is 13.4. The van der Waals surface area contributed by atoms with E-state index >= 15 is 0 Å². The Labute approximate surface area is 221 Å². The molecule has 5 nitrogen and oxygen atoms in total. The molecular weight excluding hydrogens is 517 g/mol. The summed E-state index contributed by atoms with van der Waals surface area (Å²) in [5, 5.41) is 9.84. The van der Waals surface area contributed by atoms with Crippen molar-refractivity contribution in [2.45, 2.75) is 28.5 Å². The van der Waals surface area contributed by atoms with E-state index in [0.717, 1.165) is 5.56 Å². The Morgan fingerprint density at radius 2 is 1.89 bits per heavy atom. The van der Waals surface area contributed by atoms with Gasteiger partial charge >= 0.3 is 0 Å². The number of thioether (sulfide) groups is 1. The van der Waals surface area contributed by atoms with Crippen molar-refractivity contribution in [3.63, 3.8) is 0 Å². The standard InChI is InChI=1S/C27H21ClFN3O2S2/c28-21-5-1-2-6-23(21)36-25-22(33)15-27(32-26(25)34,17-12-13-35-16-17)14-20-4-3-7-24(31-20)30-19-10-8-18(29)9-11-19/h1-13,16,25H,14-15H2,(H,30,31)(H,32,34). The summed E-state index contributed by atoms with van der Waals surface area (Å²) in [6.45, 7) is 0. The third-order valence-corrected chi connectivity index (χ3v) is 8.38. The zero-order chi connectivity index (χ0) is 25.1. The smallest absolute Gasteiger partial charge is 0.241 e. The maximum Gasteiger partial charge on any atom is 0.241 e. The van der Waals surface area contributed by atoms with Crippen LogP contribution in [0.2, 0.25) is 5.02 Å². The number of amides is 1. The number of rotatable bonds is 7. The van der Waals surface area contributed by atoms with Crippen molar-refractivity contribution in [1.29, 1.82) is 0 Å². The highest BCUT2D eigenvalue weighted by atomic mass is 35.5. The second-order valence-electron chi connectivity index (χ2n) is 8.48. The van der Waals surface area contributed by atoms with Crippen molar-refractivity contribution < 1.29 is 14.0 Å². The molecule has 1 amide bonds. The molecule has 2 aromatic carbocycles. The van der Waals surface area contributed by atoms with Crippen molar-refractivity contribution in [2.24, 2.45) is 0 Å². The average Bonchev–Trinajstić information content (AvgIpc) is 3.40. The predicted molar refractivity (Wildman–Crippen MR) is 142 cm³/mol. The normalized spacial score (nSPS) is 19.7. The van der Waals surface area contributed by atoms with Gasteiger partial charge in [-0.2, -0.15) is 11.3 Å². The van der Waals surface area contributed by atoms with Crippen LogP contribution in [-0.4, -0.2) is 21.9 Å². The quantitative estimate of drug-likeness (QED) is 0.268. The van der Waals surface area contributed by atoms with Crippen molar-refractivity contribution in [3.05, 3.63) is 106 Å². The molecule has 2 unspecified atom stereocenters. The van der Waals surface area contributed by atoms with E-state index in [0.29, 0.717) is 33.5 Å². The minimum absolute atomic E-state index is 0.134. The molecule has 1 aliphatic heterocycles. The number of hydrogen-bond donors (Lipinski definition) is 2. The van der Waals surface area contributed by atoms with E-state index in [1.807, 2.05) is 47.2 Å². The first kappa shape index (κ1) is 24.5. The second kappa shape index (κ2) is 10.4. The monoisotopic (exact) mass is 537 g/mol. The summed E-state index contributed by atoms with van der Waals surface area (Å²) >= 11 is 8.95. The largest absolute Gasteiger partial charge is 0.344 e. The fourth-order valence-electron chi connectivity index (χ4n) is 4.23. The van der Waals surface area contributed by atoms with Gasteiger partial charge in [0.25, 0.3) is 0 Å². The summed E-state index contributed by atoms with van der Waals surface area (Å²) in [6.07, 6.45) is 0.471. The molecule has 0 saturated carbocycles. The molecule has 0 aliphatic carbocycles. The number of piperidine rings is 1. The van der Waals surface area contributed by atoms with Crippen LogP contribution < -0.4 is 10.6 Å². The van der Waals surface area contributed by atoms with E-state index in [1.54, 1.807) is 24.3 Å². The van der Waals surface area contributed by atoms with Crippen LogP contribution in [0, 0.1) is 5.82 Å². The summed E-state index contributed by atoms with van der Waals surface area (Å²) in [5.41, 5.74) is 1.37. The lowest BCUT2D eigenvalue weighted by atomic mass is 9.79. The zero-order valence-corrected chi connectivity index (χ0v) is 21.3. The molecule has 0 radical (unpaired) electrons. The van der Waals surface area contributed by atoms with Gasteiger partial charge in [-0.15, -0.1) is 11.8 Å². The number of carbonyl (C=O) groups excluding carboxylic acids is 2. The molecule has 2 aromatic heterocycles. The van der Waals surface area contributed by atoms with Gasteiger partial charge in [0, 0.05) is 29.1 Å². The van der Waals surface area contributed by atoms with Gasteiger partial charge < -0.3 is 10.6 Å². The van der Waals surface area contributed by atoms with E-state index in [9.17, 15) is 14.0 Å². The van der Waals surface area contributed by atoms with Crippen LogP contribution in [0.3, 0.4) is 0 Å². The minimum atomic E-state index is -0.910. The number of aromatic nitrogens is 1. The fourth-order valence-corrected chi connectivity index (χ4v) is 6.22. The SMILES string of the molecule is O=C1CC(Cc2cccc(Nc3ccc(F)cc3)n2)(c2ccsc2)NC(=O)C1Sc1ccccc1Cl. The average molecular weight is 538 g/mol. The number of pyridine rings is 1. The first-order valence-electron chi connectivity index (χ1n) is 11.2. The molecule has 182 valence electrons. The van der Waals surface area contributed by atoms with Crippen LogP contribution in [0.1, 0.15) is 17.7 Å². The summed E-state index contributed by atoms with van der Waals surface area (Å²) in [4.78, 5) is 32.1. The van der Waals surface area contributed by atoms with Crippen LogP contribution in [0.25, 0.3) is 0 Å². The molecule has 0 spiro atoms. The first-order chi connectivity index (χ1) is 17.4. The highest BCUT2D eigenvalue weighted by Crippen LogP contribution is 2.39. The molecule has 0 bridgehead atoms. The van der Waals surface area contributed by atoms with E-state index < -0.39 is 10.8 Å². The number of hydrogen-bond acceptors (Lipinski definition) is 6. The second-order valence-corrected chi connectivity index (χ2v) is 10.8. The topological polar surface area (TPSA) is 71.1 Å². The number of nitrogens with one attached hydrogen (secondary N) is 2. The Balaban J connectivity index is 1.40. The number of nitrogens with zero attached hydrogens (tertiary/aromatic N) is 1. The maximum absolute atomic E-state index is 13.4. The molecule has 9 heteroatoms. The van der Waals surface area contributed by atoms with Crippen molar-refractivity contribution in [3.8, 4) is 0 Å². The van der Waals surface area contributed by atoms with Crippen LogP contribution in [0.5, 0.6) is 0 Å². The summed E-state index contributed by atoms with van der Waals surface area (Å²) in [7, 11) is 0. The fraction of sp³-hybridized carbons (Fsp3) is 0.148. The molecule has 1 aliphatic rings. The molecule has 2 N–H and O–H groups in total. The van der Waals surface area contributed by atoms with Gasteiger partial charge in [-0.05, 0) is 70.9 Å². The predicted octanol–water partition coefficient (Wildman–Crippen LogP) is 6.37. The number of Topliss-reactive ketones (excluding diaryl/α,β-unsaturated/α-hetero) is 1. The van der Waals surface area contributed by atoms with Crippen LogP contribution in [0.4, 0.5) is 15.9 Å². The number of thiophene rings is 1. The summed E-state index contributed by atoms with van der Waals surface area (Å²) in [5.74, 6) is -0.234. The minimum Gasteiger partial charge on any atom is -0.344 e. The molecule has 4 aromatic rings. The number of ketones is 1. The van der Waals surface area contributed by atoms with Crippen LogP contribution in [0.15, 0.2) is 88.5 Å². The number of benzene rings is 2. The highest BCUT2D eigenvalue weighted by Gasteiger charge is 2.46. The number of carbonyl (C=O) groups is 2. The zero-order valence-electron chi connectivity index (χ0n) is 18.9. The Kier molecular flexibility index (Phi) is 7.09. The highest BCUT2D eigenvalue weighted by molar-refractivity contribution is 8.01. The third kappa shape index (κ3) is 5.31. The number of halogens is 2. The Bertz CT molecular complexity index is 1380. The van der Waals surface area contributed by atoms with Gasteiger partial charge in [0.2, 0.25) is 5.91 Å². The lowest BCUT2D eigenvalue weighted by Crippen LogP contribution is -2.58. The molecular formula is C27H21ClFN3O2S2. The van der Waals surface area contributed by atoms with Crippen LogP contribution in [-0.2, 0) is 21.5 Å².